The van der Waals surface area contributed by atoms with E-state index < -0.39 is 6.09 Å². The number of likely N-dealkylation sites (tertiary alicyclic amines) is 1. The number of benzene rings is 1. The first kappa shape index (κ1) is 14.8. The van der Waals surface area contributed by atoms with Crippen molar-refractivity contribution in [3.8, 4) is 0 Å². The summed E-state index contributed by atoms with van der Waals surface area (Å²) < 4.78 is 17.8. The van der Waals surface area contributed by atoms with Crippen molar-refractivity contribution in [2.24, 2.45) is 5.92 Å². The second-order valence-electron chi connectivity index (χ2n) is 5.49. The molecule has 2 unspecified atom stereocenters. The number of hydrogen-bond donors (Lipinski definition) is 1. The summed E-state index contributed by atoms with van der Waals surface area (Å²) in [6, 6.07) is 6.80. The lowest BCUT2D eigenvalue weighted by Crippen LogP contribution is -2.49. The largest absolute Gasteiger partial charge is 0.453 e. The number of amides is 1. The highest BCUT2D eigenvalue weighted by Crippen LogP contribution is 2.21. The lowest BCUT2D eigenvalue weighted by Gasteiger charge is -2.35. The van der Waals surface area contributed by atoms with Gasteiger partial charge in [-0.05, 0) is 43.5 Å². The van der Waals surface area contributed by atoms with Crippen molar-refractivity contribution in [2.45, 2.75) is 18.9 Å². The van der Waals surface area contributed by atoms with E-state index in [-0.39, 0.29) is 11.9 Å². The molecule has 1 N–H and O–H groups in total. The Balaban J connectivity index is 1.95. The zero-order chi connectivity index (χ0) is 14.5. The zero-order valence-electron chi connectivity index (χ0n) is 11.9. The Bertz CT molecular complexity index is 467. The first-order valence-corrected chi connectivity index (χ1v) is 6.84. The highest BCUT2D eigenvalue weighted by molar-refractivity contribution is 5.67. The smallest absolute Gasteiger partial charge is 0.407 e. The number of likely N-dealkylation sites (N-methyl/N-ethyl adjacent to an activating group) is 1. The molecule has 1 saturated heterocycles. The van der Waals surface area contributed by atoms with Crippen LogP contribution in [0.5, 0.6) is 0 Å². The van der Waals surface area contributed by atoms with Crippen LogP contribution in [-0.4, -0.2) is 44.3 Å². The molecular weight excluding hydrogens is 259 g/mol. The number of alkyl carbamates (subject to hydrolysis) is 1. The summed E-state index contributed by atoms with van der Waals surface area (Å²) in [5.41, 5.74) is 1.00. The van der Waals surface area contributed by atoms with Crippen LogP contribution in [0, 0.1) is 11.7 Å². The molecule has 0 bridgehead atoms. The van der Waals surface area contributed by atoms with Gasteiger partial charge >= 0.3 is 6.09 Å². The van der Waals surface area contributed by atoms with Crippen LogP contribution >= 0.6 is 0 Å². The molecule has 110 valence electrons. The predicted molar refractivity (Wildman–Crippen MR) is 75.0 cm³/mol. The van der Waals surface area contributed by atoms with E-state index in [1.54, 1.807) is 12.1 Å². The van der Waals surface area contributed by atoms with Gasteiger partial charge in [-0.1, -0.05) is 12.1 Å². The topological polar surface area (TPSA) is 41.6 Å². The van der Waals surface area contributed by atoms with Crippen LogP contribution in [0.3, 0.4) is 0 Å². The lowest BCUT2D eigenvalue weighted by molar-refractivity contribution is 0.139. The third kappa shape index (κ3) is 4.20. The van der Waals surface area contributed by atoms with Crippen LogP contribution in [0.2, 0.25) is 0 Å². The van der Waals surface area contributed by atoms with Crippen LogP contribution in [0.1, 0.15) is 12.0 Å². The quantitative estimate of drug-likeness (QED) is 0.921. The zero-order valence-corrected chi connectivity index (χ0v) is 11.9. The number of halogens is 1. The summed E-state index contributed by atoms with van der Waals surface area (Å²) in [5, 5.41) is 2.85. The molecule has 1 aromatic carbocycles. The SMILES string of the molecule is COC(=O)NC1CC(Cc2cccc(F)c2)CN(C)C1. The van der Waals surface area contributed by atoms with Crippen LogP contribution < -0.4 is 5.32 Å². The van der Waals surface area contributed by atoms with Crippen LogP contribution in [0.25, 0.3) is 0 Å². The predicted octanol–water partition coefficient (Wildman–Crippen LogP) is 2.04. The van der Waals surface area contributed by atoms with Gasteiger partial charge in [0.15, 0.2) is 0 Å². The Kier molecular flexibility index (Phi) is 4.95. The minimum absolute atomic E-state index is 0.0831. The van der Waals surface area contributed by atoms with Gasteiger partial charge in [0.1, 0.15) is 5.82 Å². The number of carbonyl (C=O) groups is 1. The highest BCUT2D eigenvalue weighted by atomic mass is 19.1. The molecule has 2 rings (SSSR count). The monoisotopic (exact) mass is 280 g/mol. The highest BCUT2D eigenvalue weighted by Gasteiger charge is 2.26. The summed E-state index contributed by atoms with van der Waals surface area (Å²) in [4.78, 5) is 13.5. The van der Waals surface area contributed by atoms with E-state index in [1.807, 2.05) is 13.1 Å². The Morgan fingerprint density at radius 1 is 1.50 bits per heavy atom. The molecule has 0 aromatic heterocycles. The normalized spacial score (nSPS) is 23.4. The number of methoxy groups -OCH3 is 1. The summed E-state index contributed by atoms with van der Waals surface area (Å²) in [6.07, 6.45) is 1.31. The van der Waals surface area contributed by atoms with Gasteiger partial charge in [0, 0.05) is 19.1 Å². The summed E-state index contributed by atoms with van der Waals surface area (Å²) in [7, 11) is 3.40. The van der Waals surface area contributed by atoms with Crippen LogP contribution in [-0.2, 0) is 11.2 Å². The van der Waals surface area contributed by atoms with E-state index >= 15 is 0 Å². The molecule has 5 heteroatoms. The van der Waals surface area contributed by atoms with Crippen molar-refractivity contribution in [1.82, 2.24) is 10.2 Å². The van der Waals surface area contributed by atoms with Crippen molar-refractivity contribution >= 4 is 6.09 Å². The van der Waals surface area contributed by atoms with Crippen molar-refractivity contribution in [3.05, 3.63) is 35.6 Å². The number of nitrogens with zero attached hydrogens (tertiary/aromatic N) is 1. The van der Waals surface area contributed by atoms with E-state index in [1.165, 1.54) is 13.2 Å². The van der Waals surface area contributed by atoms with Crippen molar-refractivity contribution < 1.29 is 13.9 Å². The first-order valence-electron chi connectivity index (χ1n) is 6.84. The molecule has 1 aliphatic rings. The van der Waals surface area contributed by atoms with Gasteiger partial charge < -0.3 is 15.0 Å². The average Bonchev–Trinajstić information content (AvgIpc) is 2.37. The number of piperidine rings is 1. The Labute approximate surface area is 118 Å². The summed E-state index contributed by atoms with van der Waals surface area (Å²) >= 11 is 0. The number of ether oxygens (including phenoxy) is 1. The van der Waals surface area contributed by atoms with E-state index in [9.17, 15) is 9.18 Å². The average molecular weight is 280 g/mol. The van der Waals surface area contributed by atoms with E-state index in [2.05, 4.69) is 15.0 Å². The van der Waals surface area contributed by atoms with Crippen LogP contribution in [0.15, 0.2) is 24.3 Å². The third-order valence-corrected chi connectivity index (χ3v) is 3.64. The number of nitrogens with one attached hydrogen (secondary N) is 1. The van der Waals surface area contributed by atoms with Crippen molar-refractivity contribution in [1.29, 1.82) is 0 Å². The fourth-order valence-corrected chi connectivity index (χ4v) is 2.92. The molecule has 1 aliphatic heterocycles. The van der Waals surface area contributed by atoms with Gasteiger partial charge in [-0.2, -0.15) is 0 Å². The first-order chi connectivity index (χ1) is 9.56. The maximum atomic E-state index is 13.2. The molecular formula is C15H21FN2O2. The maximum absolute atomic E-state index is 13.2. The molecule has 1 fully saturated rings. The fraction of sp³-hybridized carbons (Fsp3) is 0.533. The van der Waals surface area contributed by atoms with Crippen molar-refractivity contribution in [3.63, 3.8) is 0 Å². The molecule has 1 aromatic rings. The third-order valence-electron chi connectivity index (χ3n) is 3.64. The minimum Gasteiger partial charge on any atom is -0.453 e. The van der Waals surface area contributed by atoms with Gasteiger partial charge in [0.2, 0.25) is 0 Å². The molecule has 0 spiro atoms. The molecule has 0 saturated carbocycles. The fourth-order valence-electron chi connectivity index (χ4n) is 2.92. The van der Waals surface area contributed by atoms with E-state index in [0.717, 1.165) is 31.5 Å². The van der Waals surface area contributed by atoms with Crippen molar-refractivity contribution in [2.75, 3.05) is 27.2 Å². The second-order valence-corrected chi connectivity index (χ2v) is 5.49. The molecule has 0 aliphatic carbocycles. The molecule has 0 radical (unpaired) electrons. The number of rotatable bonds is 3. The molecule has 1 amide bonds. The van der Waals surface area contributed by atoms with E-state index in [4.69, 9.17) is 0 Å². The summed E-state index contributed by atoms with van der Waals surface area (Å²) in [6.45, 7) is 1.77. The summed E-state index contributed by atoms with van der Waals surface area (Å²) in [5.74, 6) is 0.202. The molecule has 2 atom stereocenters. The lowest BCUT2D eigenvalue weighted by atomic mass is 9.89. The standard InChI is InChI=1S/C15H21FN2O2/c1-18-9-12(6-11-4-3-5-13(16)7-11)8-14(10-18)17-15(19)20-2/h3-5,7,12,14H,6,8-10H2,1-2H3,(H,17,19). The molecule has 1 heterocycles. The number of hydrogen-bond acceptors (Lipinski definition) is 3. The van der Waals surface area contributed by atoms with Gasteiger partial charge in [-0.15, -0.1) is 0 Å². The van der Waals surface area contributed by atoms with Gasteiger partial charge in [0.25, 0.3) is 0 Å². The van der Waals surface area contributed by atoms with Crippen LogP contribution in [0.4, 0.5) is 9.18 Å². The maximum Gasteiger partial charge on any atom is 0.407 e. The van der Waals surface area contributed by atoms with E-state index in [0.29, 0.717) is 5.92 Å². The minimum atomic E-state index is -0.394. The molecule has 4 nitrogen and oxygen atoms in total. The Morgan fingerprint density at radius 2 is 2.30 bits per heavy atom. The Morgan fingerprint density at radius 3 is 3.00 bits per heavy atom. The Hall–Kier alpha value is -1.62. The van der Waals surface area contributed by atoms with Gasteiger partial charge in [-0.25, -0.2) is 9.18 Å². The van der Waals surface area contributed by atoms with Gasteiger partial charge in [0.05, 0.1) is 7.11 Å². The molecule has 20 heavy (non-hydrogen) atoms. The van der Waals surface area contributed by atoms with Gasteiger partial charge in [-0.3, -0.25) is 0 Å². The number of carbonyl (C=O) groups excluding carboxylic acids is 1. The second kappa shape index (κ2) is 6.70.